The highest BCUT2D eigenvalue weighted by molar-refractivity contribution is 7.12. The molecule has 1 amide bonds. The van der Waals surface area contributed by atoms with E-state index in [0.29, 0.717) is 17.0 Å². The molecule has 0 aliphatic rings. The Labute approximate surface area is 121 Å². The van der Waals surface area contributed by atoms with Crippen LogP contribution >= 0.6 is 11.3 Å². The number of hydrazine groups is 1. The SMILES string of the molecule is CN(Cc1ccsc1C(=O)NN)c1cccc(C#N)c1. The van der Waals surface area contributed by atoms with E-state index in [1.165, 1.54) is 11.3 Å². The van der Waals surface area contributed by atoms with Crippen molar-refractivity contribution in [3.63, 3.8) is 0 Å². The van der Waals surface area contributed by atoms with Gasteiger partial charge in [0.15, 0.2) is 0 Å². The van der Waals surface area contributed by atoms with Crippen LogP contribution in [-0.2, 0) is 6.54 Å². The Morgan fingerprint density at radius 1 is 1.50 bits per heavy atom. The van der Waals surface area contributed by atoms with Gasteiger partial charge in [-0.15, -0.1) is 11.3 Å². The first-order chi connectivity index (χ1) is 9.65. The summed E-state index contributed by atoms with van der Waals surface area (Å²) in [6, 6.07) is 11.4. The molecule has 0 bridgehead atoms. The van der Waals surface area contributed by atoms with E-state index in [-0.39, 0.29) is 5.91 Å². The zero-order valence-corrected chi connectivity index (χ0v) is 11.8. The van der Waals surface area contributed by atoms with Gasteiger partial charge in [-0.1, -0.05) is 6.07 Å². The number of benzene rings is 1. The largest absolute Gasteiger partial charge is 0.370 e. The number of carbonyl (C=O) groups is 1. The van der Waals surface area contributed by atoms with Gasteiger partial charge >= 0.3 is 0 Å². The fraction of sp³-hybridized carbons (Fsp3) is 0.143. The summed E-state index contributed by atoms with van der Waals surface area (Å²) in [4.78, 5) is 14.2. The Balaban J connectivity index is 2.20. The van der Waals surface area contributed by atoms with Crippen LogP contribution in [0.25, 0.3) is 0 Å². The molecule has 0 saturated carbocycles. The summed E-state index contributed by atoms with van der Waals surface area (Å²) >= 11 is 1.36. The average molecular weight is 286 g/mol. The molecule has 0 aliphatic carbocycles. The lowest BCUT2D eigenvalue weighted by molar-refractivity contribution is 0.0957. The number of nitrogens with zero attached hydrogens (tertiary/aromatic N) is 2. The Morgan fingerprint density at radius 3 is 3.00 bits per heavy atom. The second-order valence-corrected chi connectivity index (χ2v) is 5.18. The molecular weight excluding hydrogens is 272 g/mol. The number of amides is 1. The monoisotopic (exact) mass is 286 g/mol. The molecule has 2 aromatic rings. The molecule has 0 fully saturated rings. The Kier molecular flexibility index (Phi) is 4.35. The lowest BCUT2D eigenvalue weighted by Gasteiger charge is -2.19. The Bertz CT molecular complexity index is 659. The maximum atomic E-state index is 11.6. The van der Waals surface area contributed by atoms with Crippen LogP contribution in [0.5, 0.6) is 0 Å². The molecule has 0 atom stereocenters. The molecule has 0 saturated heterocycles. The van der Waals surface area contributed by atoms with Gasteiger partial charge in [0, 0.05) is 19.3 Å². The molecule has 5 nitrogen and oxygen atoms in total. The molecule has 0 spiro atoms. The van der Waals surface area contributed by atoms with E-state index in [1.54, 1.807) is 6.07 Å². The minimum Gasteiger partial charge on any atom is -0.370 e. The standard InChI is InChI=1S/C14H14N4OS/c1-18(12-4-2-3-10(7-12)8-15)9-11-5-6-20-13(11)14(19)17-16/h2-7H,9,16H2,1H3,(H,17,19). The van der Waals surface area contributed by atoms with Crippen LogP contribution < -0.4 is 16.2 Å². The van der Waals surface area contributed by atoms with E-state index < -0.39 is 0 Å². The molecule has 3 N–H and O–H groups in total. The topological polar surface area (TPSA) is 82.2 Å². The number of nitrogen functional groups attached to an aromatic ring is 1. The quantitative estimate of drug-likeness (QED) is 0.510. The number of nitrogens with one attached hydrogen (secondary N) is 1. The van der Waals surface area contributed by atoms with Gasteiger partial charge in [-0.05, 0) is 35.2 Å². The Hall–Kier alpha value is -2.36. The van der Waals surface area contributed by atoms with Crippen molar-refractivity contribution >= 4 is 22.9 Å². The number of hydrogen-bond donors (Lipinski definition) is 2. The summed E-state index contributed by atoms with van der Waals surface area (Å²) in [5, 5.41) is 10.8. The zero-order chi connectivity index (χ0) is 14.5. The fourth-order valence-electron chi connectivity index (χ4n) is 1.88. The molecule has 102 valence electrons. The summed E-state index contributed by atoms with van der Waals surface area (Å²) in [6.45, 7) is 0.571. The van der Waals surface area contributed by atoms with E-state index in [1.807, 2.05) is 41.6 Å². The lowest BCUT2D eigenvalue weighted by atomic mass is 10.2. The van der Waals surface area contributed by atoms with Crippen molar-refractivity contribution in [3.8, 4) is 6.07 Å². The summed E-state index contributed by atoms with van der Waals surface area (Å²) in [6.07, 6.45) is 0. The summed E-state index contributed by atoms with van der Waals surface area (Å²) in [5.41, 5.74) is 4.59. The third kappa shape index (κ3) is 2.96. The van der Waals surface area contributed by atoms with Gasteiger partial charge in [-0.25, -0.2) is 5.84 Å². The average Bonchev–Trinajstić information content (AvgIpc) is 2.94. The number of anilines is 1. The van der Waals surface area contributed by atoms with Gasteiger partial charge in [-0.3, -0.25) is 10.2 Å². The highest BCUT2D eigenvalue weighted by Crippen LogP contribution is 2.22. The molecule has 2 rings (SSSR count). The highest BCUT2D eigenvalue weighted by atomic mass is 32.1. The van der Waals surface area contributed by atoms with Crippen LogP contribution in [0.15, 0.2) is 35.7 Å². The van der Waals surface area contributed by atoms with Crippen molar-refractivity contribution < 1.29 is 4.79 Å². The molecule has 0 unspecified atom stereocenters. The Morgan fingerprint density at radius 2 is 2.30 bits per heavy atom. The van der Waals surface area contributed by atoms with Crippen LogP contribution in [0.1, 0.15) is 20.8 Å². The van der Waals surface area contributed by atoms with Crippen LogP contribution in [0.3, 0.4) is 0 Å². The minimum atomic E-state index is -0.283. The smallest absolute Gasteiger partial charge is 0.275 e. The summed E-state index contributed by atoms with van der Waals surface area (Å²) in [7, 11) is 1.91. The van der Waals surface area contributed by atoms with Gasteiger partial charge < -0.3 is 4.90 Å². The van der Waals surface area contributed by atoms with Gasteiger partial charge in [0.05, 0.1) is 16.5 Å². The summed E-state index contributed by atoms with van der Waals surface area (Å²) in [5.74, 6) is 4.89. The van der Waals surface area contributed by atoms with Gasteiger partial charge in [-0.2, -0.15) is 5.26 Å². The molecule has 20 heavy (non-hydrogen) atoms. The van der Waals surface area contributed by atoms with Crippen molar-refractivity contribution in [1.82, 2.24) is 5.43 Å². The lowest BCUT2D eigenvalue weighted by Crippen LogP contribution is -2.30. The van der Waals surface area contributed by atoms with Gasteiger partial charge in [0.2, 0.25) is 0 Å². The van der Waals surface area contributed by atoms with E-state index in [2.05, 4.69) is 11.5 Å². The first-order valence-electron chi connectivity index (χ1n) is 5.94. The zero-order valence-electron chi connectivity index (χ0n) is 11.0. The van der Waals surface area contributed by atoms with Gasteiger partial charge in [0.25, 0.3) is 5.91 Å². The van der Waals surface area contributed by atoms with Crippen molar-refractivity contribution in [2.45, 2.75) is 6.54 Å². The number of rotatable bonds is 4. The second-order valence-electron chi connectivity index (χ2n) is 4.27. The molecule has 0 radical (unpaired) electrons. The highest BCUT2D eigenvalue weighted by Gasteiger charge is 2.13. The van der Waals surface area contributed by atoms with E-state index in [0.717, 1.165) is 11.3 Å². The second kappa shape index (κ2) is 6.19. The van der Waals surface area contributed by atoms with Crippen LogP contribution in [0.2, 0.25) is 0 Å². The molecule has 1 aromatic heterocycles. The fourth-order valence-corrected chi connectivity index (χ4v) is 2.70. The van der Waals surface area contributed by atoms with Crippen molar-refractivity contribution in [1.29, 1.82) is 5.26 Å². The molecule has 6 heteroatoms. The number of thiophene rings is 1. The summed E-state index contributed by atoms with van der Waals surface area (Å²) < 4.78 is 0. The molecule has 1 heterocycles. The van der Waals surface area contributed by atoms with Crippen LogP contribution in [0.4, 0.5) is 5.69 Å². The van der Waals surface area contributed by atoms with Crippen LogP contribution in [0, 0.1) is 11.3 Å². The first kappa shape index (κ1) is 14.1. The molecular formula is C14H14N4OS. The maximum Gasteiger partial charge on any atom is 0.275 e. The number of nitriles is 1. The third-order valence-electron chi connectivity index (χ3n) is 2.91. The van der Waals surface area contributed by atoms with E-state index >= 15 is 0 Å². The molecule has 0 aliphatic heterocycles. The van der Waals surface area contributed by atoms with Crippen molar-refractivity contribution in [2.24, 2.45) is 5.84 Å². The predicted molar refractivity (Wildman–Crippen MR) is 79.2 cm³/mol. The number of carbonyl (C=O) groups excluding carboxylic acids is 1. The van der Waals surface area contributed by atoms with Crippen LogP contribution in [-0.4, -0.2) is 13.0 Å². The number of nitrogens with two attached hydrogens (primary N) is 1. The molecule has 1 aromatic carbocycles. The first-order valence-corrected chi connectivity index (χ1v) is 6.82. The van der Waals surface area contributed by atoms with Crippen molar-refractivity contribution in [2.75, 3.05) is 11.9 Å². The predicted octanol–water partition coefficient (Wildman–Crippen LogP) is 1.86. The number of hydrogen-bond acceptors (Lipinski definition) is 5. The van der Waals surface area contributed by atoms with E-state index in [4.69, 9.17) is 11.1 Å². The van der Waals surface area contributed by atoms with E-state index in [9.17, 15) is 4.79 Å². The van der Waals surface area contributed by atoms with Gasteiger partial charge in [0.1, 0.15) is 0 Å². The normalized spacial score (nSPS) is 9.85. The maximum absolute atomic E-state index is 11.6. The van der Waals surface area contributed by atoms with Crippen molar-refractivity contribution in [3.05, 3.63) is 51.7 Å². The third-order valence-corrected chi connectivity index (χ3v) is 3.86. The minimum absolute atomic E-state index is 0.283.